The summed E-state index contributed by atoms with van der Waals surface area (Å²) in [6.45, 7) is 2.40. The van der Waals surface area contributed by atoms with E-state index in [2.05, 4.69) is 4.98 Å². The van der Waals surface area contributed by atoms with E-state index < -0.39 is 0 Å². The minimum absolute atomic E-state index is 0.112. The first-order chi connectivity index (χ1) is 7.69. The van der Waals surface area contributed by atoms with Crippen molar-refractivity contribution in [3.8, 4) is 11.3 Å². The Morgan fingerprint density at radius 2 is 2.06 bits per heavy atom. The van der Waals surface area contributed by atoms with E-state index >= 15 is 0 Å². The molecule has 0 unspecified atom stereocenters. The SMILES string of the molecule is Cc1cccc(-c2cc(CN)cc(=O)[nH]2)c1. The van der Waals surface area contributed by atoms with Crippen LogP contribution in [0.1, 0.15) is 11.1 Å². The van der Waals surface area contributed by atoms with Crippen molar-refractivity contribution < 1.29 is 0 Å². The van der Waals surface area contributed by atoms with Gasteiger partial charge in [0, 0.05) is 18.3 Å². The van der Waals surface area contributed by atoms with Crippen molar-refractivity contribution in [3.05, 3.63) is 57.9 Å². The molecule has 3 nitrogen and oxygen atoms in total. The van der Waals surface area contributed by atoms with Gasteiger partial charge in [0.15, 0.2) is 0 Å². The lowest BCUT2D eigenvalue weighted by atomic mass is 10.1. The van der Waals surface area contributed by atoms with E-state index in [-0.39, 0.29) is 5.56 Å². The summed E-state index contributed by atoms with van der Waals surface area (Å²) in [5, 5.41) is 0. The minimum atomic E-state index is -0.112. The molecule has 0 bridgehead atoms. The molecule has 0 aliphatic rings. The number of aromatic nitrogens is 1. The largest absolute Gasteiger partial charge is 0.326 e. The molecule has 2 aromatic rings. The minimum Gasteiger partial charge on any atom is -0.326 e. The number of nitrogens with one attached hydrogen (secondary N) is 1. The highest BCUT2D eigenvalue weighted by atomic mass is 16.1. The number of nitrogens with two attached hydrogens (primary N) is 1. The van der Waals surface area contributed by atoms with Gasteiger partial charge in [-0.1, -0.05) is 23.8 Å². The van der Waals surface area contributed by atoms with Gasteiger partial charge >= 0.3 is 0 Å². The third-order valence-electron chi connectivity index (χ3n) is 2.47. The van der Waals surface area contributed by atoms with E-state index in [1.165, 1.54) is 6.07 Å². The number of rotatable bonds is 2. The predicted molar refractivity (Wildman–Crippen MR) is 65.1 cm³/mol. The van der Waals surface area contributed by atoms with Crippen molar-refractivity contribution in [3.63, 3.8) is 0 Å². The Hall–Kier alpha value is -1.87. The second kappa shape index (κ2) is 4.33. The van der Waals surface area contributed by atoms with Crippen LogP contribution in [0.15, 0.2) is 41.2 Å². The molecule has 1 heterocycles. The first-order valence-corrected chi connectivity index (χ1v) is 5.19. The monoisotopic (exact) mass is 214 g/mol. The Morgan fingerprint density at radius 1 is 1.25 bits per heavy atom. The van der Waals surface area contributed by atoms with Gasteiger partial charge in [-0.15, -0.1) is 0 Å². The van der Waals surface area contributed by atoms with E-state index in [9.17, 15) is 4.79 Å². The number of pyridine rings is 1. The topological polar surface area (TPSA) is 58.9 Å². The van der Waals surface area contributed by atoms with E-state index in [1.54, 1.807) is 0 Å². The van der Waals surface area contributed by atoms with Crippen molar-refractivity contribution in [2.24, 2.45) is 5.73 Å². The molecule has 0 amide bonds. The molecule has 0 radical (unpaired) electrons. The van der Waals surface area contributed by atoms with Gasteiger partial charge in [0.25, 0.3) is 0 Å². The Morgan fingerprint density at radius 3 is 2.75 bits per heavy atom. The van der Waals surface area contributed by atoms with Gasteiger partial charge in [-0.3, -0.25) is 4.79 Å². The molecule has 2 rings (SSSR count). The van der Waals surface area contributed by atoms with Gasteiger partial charge in [0.2, 0.25) is 5.56 Å². The first-order valence-electron chi connectivity index (χ1n) is 5.19. The molecule has 0 fully saturated rings. The fraction of sp³-hybridized carbons (Fsp3) is 0.154. The zero-order chi connectivity index (χ0) is 11.5. The Balaban J connectivity index is 2.55. The third kappa shape index (κ3) is 2.20. The fourth-order valence-electron chi connectivity index (χ4n) is 1.69. The lowest BCUT2D eigenvalue weighted by molar-refractivity contribution is 1.05. The molecule has 0 atom stereocenters. The van der Waals surface area contributed by atoms with Crippen molar-refractivity contribution in [2.75, 3.05) is 0 Å². The number of H-pyrrole nitrogens is 1. The van der Waals surface area contributed by atoms with Crippen LogP contribution in [0.25, 0.3) is 11.3 Å². The maximum Gasteiger partial charge on any atom is 0.248 e. The van der Waals surface area contributed by atoms with Crippen LogP contribution in [-0.2, 0) is 6.54 Å². The molecule has 0 aliphatic heterocycles. The molecule has 3 N–H and O–H groups in total. The van der Waals surface area contributed by atoms with E-state index in [0.717, 1.165) is 22.4 Å². The smallest absolute Gasteiger partial charge is 0.248 e. The zero-order valence-electron chi connectivity index (χ0n) is 9.16. The van der Waals surface area contributed by atoms with Gasteiger partial charge in [0.1, 0.15) is 0 Å². The van der Waals surface area contributed by atoms with Crippen LogP contribution in [0.3, 0.4) is 0 Å². The molecule has 16 heavy (non-hydrogen) atoms. The molecule has 1 aromatic carbocycles. The molecule has 3 heteroatoms. The average Bonchev–Trinajstić information content (AvgIpc) is 2.28. The van der Waals surface area contributed by atoms with Gasteiger partial charge in [-0.2, -0.15) is 0 Å². The summed E-state index contributed by atoms with van der Waals surface area (Å²) in [6, 6.07) is 11.4. The van der Waals surface area contributed by atoms with Gasteiger partial charge in [-0.25, -0.2) is 0 Å². The molecule has 0 aliphatic carbocycles. The molecule has 0 spiro atoms. The van der Waals surface area contributed by atoms with Crippen LogP contribution in [0.4, 0.5) is 0 Å². The van der Waals surface area contributed by atoms with Crippen LogP contribution < -0.4 is 11.3 Å². The van der Waals surface area contributed by atoms with Gasteiger partial charge in [0.05, 0.1) is 0 Å². The van der Waals surface area contributed by atoms with Crippen LogP contribution >= 0.6 is 0 Å². The van der Waals surface area contributed by atoms with Crippen molar-refractivity contribution in [1.29, 1.82) is 0 Å². The Kier molecular flexibility index (Phi) is 2.88. The summed E-state index contributed by atoms with van der Waals surface area (Å²) in [5.41, 5.74) is 9.27. The lowest BCUT2D eigenvalue weighted by Gasteiger charge is -2.04. The quantitative estimate of drug-likeness (QED) is 0.801. The number of benzene rings is 1. The number of aryl methyl sites for hydroxylation is 1. The van der Waals surface area contributed by atoms with E-state index in [4.69, 9.17) is 5.73 Å². The van der Waals surface area contributed by atoms with Gasteiger partial charge < -0.3 is 10.7 Å². The van der Waals surface area contributed by atoms with Crippen molar-refractivity contribution in [1.82, 2.24) is 4.98 Å². The highest BCUT2D eigenvalue weighted by molar-refractivity contribution is 5.60. The number of aromatic amines is 1. The molecule has 1 aromatic heterocycles. The molecular formula is C13H14N2O. The molecular weight excluding hydrogens is 200 g/mol. The number of hydrogen-bond acceptors (Lipinski definition) is 2. The number of hydrogen-bond donors (Lipinski definition) is 2. The van der Waals surface area contributed by atoms with Crippen molar-refractivity contribution >= 4 is 0 Å². The molecule has 0 saturated heterocycles. The lowest BCUT2D eigenvalue weighted by Crippen LogP contribution is -2.09. The van der Waals surface area contributed by atoms with Crippen LogP contribution in [0, 0.1) is 6.92 Å². The normalized spacial score (nSPS) is 10.4. The molecule has 82 valence electrons. The Labute approximate surface area is 93.9 Å². The summed E-state index contributed by atoms with van der Waals surface area (Å²) in [5.74, 6) is 0. The summed E-state index contributed by atoms with van der Waals surface area (Å²) < 4.78 is 0. The summed E-state index contributed by atoms with van der Waals surface area (Å²) in [7, 11) is 0. The highest BCUT2D eigenvalue weighted by Crippen LogP contribution is 2.17. The summed E-state index contributed by atoms with van der Waals surface area (Å²) in [4.78, 5) is 14.2. The van der Waals surface area contributed by atoms with Crippen molar-refractivity contribution in [2.45, 2.75) is 13.5 Å². The van der Waals surface area contributed by atoms with E-state index in [0.29, 0.717) is 6.54 Å². The second-order valence-corrected chi connectivity index (χ2v) is 3.84. The fourth-order valence-corrected chi connectivity index (χ4v) is 1.69. The standard InChI is InChI=1S/C13H14N2O/c1-9-3-2-4-11(5-9)12-6-10(8-14)7-13(16)15-12/h2-7H,8,14H2,1H3,(H,15,16). The second-order valence-electron chi connectivity index (χ2n) is 3.84. The van der Waals surface area contributed by atoms with Gasteiger partial charge in [-0.05, 0) is 30.2 Å². The zero-order valence-corrected chi connectivity index (χ0v) is 9.16. The molecule has 0 saturated carbocycles. The third-order valence-corrected chi connectivity index (χ3v) is 2.47. The summed E-state index contributed by atoms with van der Waals surface area (Å²) in [6.07, 6.45) is 0. The van der Waals surface area contributed by atoms with Crippen LogP contribution in [0.2, 0.25) is 0 Å². The van der Waals surface area contributed by atoms with E-state index in [1.807, 2.05) is 37.3 Å². The van der Waals surface area contributed by atoms with Crippen LogP contribution in [-0.4, -0.2) is 4.98 Å². The Bertz CT molecular complexity index is 558. The summed E-state index contributed by atoms with van der Waals surface area (Å²) >= 11 is 0. The van der Waals surface area contributed by atoms with Crippen LogP contribution in [0.5, 0.6) is 0 Å². The first kappa shape index (κ1) is 10.6. The maximum atomic E-state index is 11.4. The maximum absolute atomic E-state index is 11.4. The average molecular weight is 214 g/mol. The highest BCUT2D eigenvalue weighted by Gasteiger charge is 2.01. The predicted octanol–water partition coefficient (Wildman–Crippen LogP) is 1.81.